The summed E-state index contributed by atoms with van der Waals surface area (Å²) in [6.45, 7) is 0.419. The van der Waals surface area contributed by atoms with Crippen molar-refractivity contribution in [3.8, 4) is 0 Å². The monoisotopic (exact) mass is 297 g/mol. The Balaban J connectivity index is 4.06. The van der Waals surface area contributed by atoms with Crippen molar-refractivity contribution in [2.24, 2.45) is 0 Å². The predicted octanol–water partition coefficient (Wildman–Crippen LogP) is -1.99. The van der Waals surface area contributed by atoms with Crippen molar-refractivity contribution in [1.82, 2.24) is 14.9 Å². The maximum atomic E-state index is 11.4. The first-order chi connectivity index (χ1) is 8.49. The Morgan fingerprint density at radius 2 is 1.79 bits per heavy atom. The summed E-state index contributed by atoms with van der Waals surface area (Å²) < 4.78 is 23.7. The lowest BCUT2D eigenvalue weighted by atomic mass is 10.1. The minimum atomic E-state index is -3.40. The topological polar surface area (TPSA) is 136 Å². The second-order valence-electron chi connectivity index (χ2n) is 4.29. The van der Waals surface area contributed by atoms with Gasteiger partial charge in [-0.15, -0.1) is 0 Å². The third-order valence-electron chi connectivity index (χ3n) is 2.26. The van der Waals surface area contributed by atoms with Gasteiger partial charge in [0.25, 0.3) is 0 Å². The Morgan fingerprint density at radius 3 is 2.21 bits per heavy atom. The molecule has 0 spiro atoms. The van der Waals surface area contributed by atoms with Crippen LogP contribution in [0.3, 0.4) is 0 Å². The third kappa shape index (κ3) is 6.36. The van der Waals surface area contributed by atoms with Crippen LogP contribution in [0.5, 0.6) is 0 Å². The molecule has 0 fully saturated rings. The van der Waals surface area contributed by atoms with Crippen molar-refractivity contribution in [3.63, 3.8) is 0 Å². The van der Waals surface area contributed by atoms with E-state index in [0.717, 1.165) is 11.2 Å². The van der Waals surface area contributed by atoms with Gasteiger partial charge in [0.05, 0.1) is 12.3 Å². The molecular weight excluding hydrogens is 278 g/mol. The number of nitrogens with one attached hydrogen (secondary N) is 2. The molecule has 0 bridgehead atoms. The van der Waals surface area contributed by atoms with Crippen LogP contribution in [-0.2, 0) is 14.8 Å². The maximum absolute atomic E-state index is 11.4. The zero-order chi connectivity index (χ0) is 15.3. The molecule has 10 heteroatoms. The van der Waals surface area contributed by atoms with Crippen molar-refractivity contribution < 1.29 is 28.2 Å². The fourth-order valence-corrected chi connectivity index (χ4v) is 1.59. The minimum Gasteiger partial charge on any atom is -0.479 e. The van der Waals surface area contributed by atoms with Gasteiger partial charge in [-0.25, -0.2) is 22.3 Å². The highest BCUT2D eigenvalue weighted by Gasteiger charge is 2.30. The number of rotatable bonds is 7. The average molecular weight is 297 g/mol. The molecule has 0 aromatic rings. The van der Waals surface area contributed by atoms with Gasteiger partial charge in [0.15, 0.2) is 5.60 Å². The fraction of sp³-hybridized carbons (Fsp3) is 0.778. The first kappa shape index (κ1) is 17.6. The van der Waals surface area contributed by atoms with Crippen LogP contribution in [0.4, 0.5) is 4.79 Å². The van der Waals surface area contributed by atoms with Gasteiger partial charge in [0.2, 0.25) is 10.0 Å². The quantitative estimate of drug-likeness (QED) is 0.429. The summed E-state index contributed by atoms with van der Waals surface area (Å²) in [5.74, 6) is -1.74. The van der Waals surface area contributed by atoms with Crippen molar-refractivity contribution in [1.29, 1.82) is 0 Å². The Kier molecular flexibility index (Phi) is 6.19. The zero-order valence-corrected chi connectivity index (χ0v) is 11.8. The van der Waals surface area contributed by atoms with E-state index in [2.05, 4.69) is 10.6 Å². The second-order valence-corrected chi connectivity index (χ2v) is 6.59. The number of amides is 2. The summed E-state index contributed by atoms with van der Waals surface area (Å²) in [6, 6.07) is -0.754. The van der Waals surface area contributed by atoms with Crippen LogP contribution in [-0.4, -0.2) is 73.5 Å². The highest BCUT2D eigenvalue weighted by molar-refractivity contribution is 7.89. The molecule has 0 radical (unpaired) electrons. The predicted molar refractivity (Wildman–Crippen MR) is 67.1 cm³/mol. The van der Waals surface area contributed by atoms with E-state index in [-0.39, 0.29) is 12.3 Å². The number of hydrogen-bond acceptors (Lipinski definition) is 5. The highest BCUT2D eigenvalue weighted by atomic mass is 32.2. The number of sulfonamides is 1. The normalized spacial score (nSPS) is 14.8. The third-order valence-corrected chi connectivity index (χ3v) is 4.09. The lowest BCUT2D eigenvalue weighted by Crippen LogP contribution is -2.49. The van der Waals surface area contributed by atoms with Crippen LogP contribution < -0.4 is 10.6 Å². The molecular formula is C9H19N3O6S. The van der Waals surface area contributed by atoms with Crippen LogP contribution >= 0.6 is 0 Å². The summed E-state index contributed by atoms with van der Waals surface area (Å²) in [7, 11) is -0.654. The molecule has 0 heterocycles. The molecule has 4 N–H and O–H groups in total. The molecule has 0 saturated carbocycles. The number of carbonyl (C=O) groups is 2. The van der Waals surface area contributed by atoms with Crippen LogP contribution in [0.15, 0.2) is 0 Å². The summed E-state index contributed by atoms with van der Waals surface area (Å²) in [6.07, 6.45) is 0. The van der Waals surface area contributed by atoms with Gasteiger partial charge < -0.3 is 20.8 Å². The summed E-state index contributed by atoms with van der Waals surface area (Å²) in [5.41, 5.74) is -2.08. The van der Waals surface area contributed by atoms with E-state index in [0.29, 0.717) is 0 Å². The fourth-order valence-electron chi connectivity index (χ4n) is 0.867. The van der Waals surface area contributed by atoms with E-state index in [1.807, 2.05) is 0 Å². The molecule has 0 rings (SSSR count). The Labute approximate surface area is 111 Å². The number of urea groups is 1. The van der Waals surface area contributed by atoms with E-state index in [4.69, 9.17) is 5.11 Å². The molecule has 9 nitrogen and oxygen atoms in total. The van der Waals surface area contributed by atoms with E-state index < -0.39 is 34.2 Å². The van der Waals surface area contributed by atoms with Crippen LogP contribution in [0.25, 0.3) is 0 Å². The first-order valence-corrected chi connectivity index (χ1v) is 6.97. The van der Waals surface area contributed by atoms with E-state index in [1.165, 1.54) is 14.1 Å². The number of hydrogen-bond donors (Lipinski definition) is 4. The Morgan fingerprint density at radius 1 is 1.26 bits per heavy atom. The number of carbonyl (C=O) groups excluding carboxylic acids is 1. The lowest BCUT2D eigenvalue weighted by Gasteiger charge is -2.18. The van der Waals surface area contributed by atoms with Crippen molar-refractivity contribution in [2.75, 3.05) is 32.9 Å². The lowest BCUT2D eigenvalue weighted by molar-refractivity contribution is -0.155. The van der Waals surface area contributed by atoms with Crippen LogP contribution in [0.1, 0.15) is 6.92 Å². The SMILES string of the molecule is CN(C)S(=O)(=O)CCNC(=O)NCC(C)(O)C(=O)O. The molecule has 1 unspecified atom stereocenters. The molecule has 2 amide bonds. The summed E-state index contributed by atoms with van der Waals surface area (Å²) >= 11 is 0. The van der Waals surface area contributed by atoms with Gasteiger partial charge in [-0.2, -0.15) is 0 Å². The van der Waals surface area contributed by atoms with Crippen molar-refractivity contribution >= 4 is 22.0 Å². The van der Waals surface area contributed by atoms with E-state index in [9.17, 15) is 23.1 Å². The van der Waals surface area contributed by atoms with Gasteiger partial charge in [-0.3, -0.25) is 0 Å². The largest absolute Gasteiger partial charge is 0.479 e. The molecule has 0 aliphatic carbocycles. The molecule has 1 atom stereocenters. The molecule has 0 aromatic carbocycles. The second kappa shape index (κ2) is 6.68. The number of aliphatic carboxylic acids is 1. The Hall–Kier alpha value is -1.39. The maximum Gasteiger partial charge on any atom is 0.337 e. The summed E-state index contributed by atoms with van der Waals surface area (Å²) in [4.78, 5) is 21.8. The number of carboxylic acids is 1. The van der Waals surface area contributed by atoms with E-state index in [1.54, 1.807) is 0 Å². The van der Waals surface area contributed by atoms with E-state index >= 15 is 0 Å². The number of carboxylic acid groups (broad SMARTS) is 1. The van der Waals surface area contributed by atoms with Crippen molar-refractivity contribution in [2.45, 2.75) is 12.5 Å². The minimum absolute atomic E-state index is 0.123. The smallest absolute Gasteiger partial charge is 0.337 e. The molecule has 0 aromatic heterocycles. The molecule has 19 heavy (non-hydrogen) atoms. The van der Waals surface area contributed by atoms with Gasteiger partial charge in [0, 0.05) is 20.6 Å². The Bertz CT molecular complexity index is 431. The number of nitrogens with zero attached hydrogens (tertiary/aromatic N) is 1. The van der Waals surface area contributed by atoms with Gasteiger partial charge in [0.1, 0.15) is 0 Å². The van der Waals surface area contributed by atoms with Crippen LogP contribution in [0, 0.1) is 0 Å². The van der Waals surface area contributed by atoms with Gasteiger partial charge in [-0.05, 0) is 6.92 Å². The summed E-state index contributed by atoms with van der Waals surface area (Å²) in [5, 5.41) is 22.3. The molecule has 0 saturated heterocycles. The number of aliphatic hydroxyl groups is 1. The van der Waals surface area contributed by atoms with Gasteiger partial charge in [-0.1, -0.05) is 0 Å². The zero-order valence-electron chi connectivity index (χ0n) is 11.0. The standard InChI is InChI=1S/C9H19N3O6S/c1-9(16,7(13)14)6-11-8(15)10-4-5-19(17,18)12(2)3/h16H,4-6H2,1-3H3,(H,13,14)(H2,10,11,15). The van der Waals surface area contributed by atoms with Crippen LogP contribution in [0.2, 0.25) is 0 Å². The highest BCUT2D eigenvalue weighted by Crippen LogP contribution is 2.00. The molecule has 112 valence electrons. The first-order valence-electron chi connectivity index (χ1n) is 5.37. The van der Waals surface area contributed by atoms with Gasteiger partial charge >= 0.3 is 12.0 Å². The molecule has 0 aliphatic rings. The van der Waals surface area contributed by atoms with Crippen molar-refractivity contribution in [3.05, 3.63) is 0 Å². The molecule has 0 aliphatic heterocycles. The average Bonchev–Trinajstić information content (AvgIpc) is 2.25.